The number of guanidine groups is 1. The van der Waals surface area contributed by atoms with Crippen LogP contribution in [0.15, 0.2) is 34.4 Å². The summed E-state index contributed by atoms with van der Waals surface area (Å²) in [7, 11) is 1.85. The maximum absolute atomic E-state index is 6.07. The highest BCUT2D eigenvalue weighted by Crippen LogP contribution is 2.25. The van der Waals surface area contributed by atoms with Crippen molar-refractivity contribution in [3.63, 3.8) is 0 Å². The lowest BCUT2D eigenvalue weighted by molar-refractivity contribution is -0.00830. The predicted octanol–water partition coefficient (Wildman–Crippen LogP) is 4.16. The lowest BCUT2D eigenvalue weighted by Gasteiger charge is -2.35. The number of benzene rings is 1. The molecule has 1 N–H and O–H groups in total. The van der Waals surface area contributed by atoms with Gasteiger partial charge in [-0.3, -0.25) is 4.99 Å². The van der Waals surface area contributed by atoms with Gasteiger partial charge in [-0.15, -0.1) is 34.2 Å². The summed E-state index contributed by atoms with van der Waals surface area (Å²) in [6.45, 7) is 10.8. The SMILES string of the molecule is CN=C(NCCCc1nnc(SC)n1CC(C)C)N1CCOC(c2ccccc2C)C1.I. The number of nitrogens with zero attached hydrogens (tertiary/aromatic N) is 5. The van der Waals surface area contributed by atoms with Crippen LogP contribution in [-0.4, -0.2) is 65.2 Å². The van der Waals surface area contributed by atoms with Crippen molar-refractivity contribution in [2.45, 2.75) is 51.4 Å². The standard InChI is InChI=1S/C23H36N6OS.HI/c1-17(2)15-29-21(26-27-23(29)31-5)11-8-12-25-22(24-4)28-13-14-30-20(16-28)19-10-7-6-9-18(19)3;/h6-7,9-10,17,20H,8,11-16H2,1-5H3,(H,24,25);1H. The molecule has 0 radical (unpaired) electrons. The van der Waals surface area contributed by atoms with Crippen LogP contribution in [0.3, 0.4) is 0 Å². The molecule has 2 heterocycles. The molecule has 9 heteroatoms. The van der Waals surface area contributed by atoms with Crippen LogP contribution in [0, 0.1) is 12.8 Å². The number of hydrogen-bond acceptors (Lipinski definition) is 5. The fourth-order valence-electron chi connectivity index (χ4n) is 3.96. The Morgan fingerprint density at radius 3 is 2.78 bits per heavy atom. The third-order valence-electron chi connectivity index (χ3n) is 5.50. The molecule has 1 aliphatic heterocycles. The Bertz CT molecular complexity index is 872. The van der Waals surface area contributed by atoms with E-state index in [0.29, 0.717) is 12.5 Å². The van der Waals surface area contributed by atoms with Crippen molar-refractivity contribution >= 4 is 41.7 Å². The summed E-state index contributed by atoms with van der Waals surface area (Å²) in [5.74, 6) is 2.58. The van der Waals surface area contributed by atoms with Gasteiger partial charge in [0.15, 0.2) is 11.1 Å². The number of ether oxygens (including phenoxy) is 1. The van der Waals surface area contributed by atoms with E-state index in [-0.39, 0.29) is 30.1 Å². The average Bonchev–Trinajstić information content (AvgIpc) is 3.15. The molecule has 0 bridgehead atoms. The van der Waals surface area contributed by atoms with Crippen LogP contribution in [-0.2, 0) is 17.7 Å². The Morgan fingerprint density at radius 2 is 2.09 bits per heavy atom. The first kappa shape index (κ1) is 26.9. The molecular formula is C23H37IN6OS. The van der Waals surface area contributed by atoms with Gasteiger partial charge in [0.1, 0.15) is 11.9 Å². The Kier molecular flexibility index (Phi) is 11.3. The lowest BCUT2D eigenvalue weighted by atomic mass is 10.0. The van der Waals surface area contributed by atoms with E-state index in [1.807, 2.05) is 7.05 Å². The molecule has 0 amide bonds. The van der Waals surface area contributed by atoms with Crippen molar-refractivity contribution in [2.75, 3.05) is 39.5 Å². The van der Waals surface area contributed by atoms with E-state index in [1.165, 1.54) is 11.1 Å². The van der Waals surface area contributed by atoms with E-state index in [1.54, 1.807) is 11.8 Å². The predicted molar refractivity (Wildman–Crippen MR) is 143 cm³/mol. The quantitative estimate of drug-likeness (QED) is 0.169. The molecular weight excluding hydrogens is 535 g/mol. The topological polar surface area (TPSA) is 67.6 Å². The van der Waals surface area contributed by atoms with Crippen LogP contribution in [0.25, 0.3) is 0 Å². The molecule has 1 aromatic carbocycles. The summed E-state index contributed by atoms with van der Waals surface area (Å²) in [5, 5.41) is 13.3. The molecule has 0 saturated carbocycles. The van der Waals surface area contributed by atoms with Gasteiger partial charge in [-0.1, -0.05) is 49.9 Å². The maximum Gasteiger partial charge on any atom is 0.193 e. The van der Waals surface area contributed by atoms with E-state index < -0.39 is 0 Å². The number of halogens is 1. The van der Waals surface area contributed by atoms with Crippen molar-refractivity contribution in [2.24, 2.45) is 10.9 Å². The van der Waals surface area contributed by atoms with Gasteiger partial charge in [-0.25, -0.2) is 0 Å². The van der Waals surface area contributed by atoms with Gasteiger partial charge in [-0.2, -0.15) is 0 Å². The van der Waals surface area contributed by atoms with Crippen LogP contribution in [0.5, 0.6) is 0 Å². The molecule has 3 rings (SSSR count). The van der Waals surface area contributed by atoms with E-state index in [0.717, 1.165) is 56.0 Å². The van der Waals surface area contributed by atoms with Gasteiger partial charge in [0.2, 0.25) is 0 Å². The number of morpholine rings is 1. The second-order valence-electron chi connectivity index (χ2n) is 8.35. The Labute approximate surface area is 213 Å². The van der Waals surface area contributed by atoms with Crippen LogP contribution in [0.1, 0.15) is 43.3 Å². The maximum atomic E-state index is 6.07. The number of thioether (sulfide) groups is 1. The molecule has 7 nitrogen and oxygen atoms in total. The second-order valence-corrected chi connectivity index (χ2v) is 9.12. The van der Waals surface area contributed by atoms with Gasteiger partial charge >= 0.3 is 0 Å². The van der Waals surface area contributed by atoms with Crippen molar-refractivity contribution in [3.8, 4) is 0 Å². The molecule has 2 aromatic rings. The Balaban J connectivity index is 0.00000363. The molecule has 0 spiro atoms. The summed E-state index contributed by atoms with van der Waals surface area (Å²) in [6.07, 6.45) is 4.02. The van der Waals surface area contributed by atoms with Crippen molar-refractivity contribution in [1.29, 1.82) is 0 Å². The first-order chi connectivity index (χ1) is 15.0. The molecule has 1 fully saturated rings. The van der Waals surface area contributed by atoms with Crippen molar-refractivity contribution in [1.82, 2.24) is 25.0 Å². The largest absolute Gasteiger partial charge is 0.370 e. The summed E-state index contributed by atoms with van der Waals surface area (Å²) < 4.78 is 8.33. The number of aryl methyl sites for hydroxylation is 2. The molecule has 1 aromatic heterocycles. The lowest BCUT2D eigenvalue weighted by Crippen LogP contribution is -2.48. The molecule has 32 heavy (non-hydrogen) atoms. The summed E-state index contributed by atoms with van der Waals surface area (Å²) in [4.78, 5) is 6.82. The van der Waals surface area contributed by atoms with Gasteiger partial charge in [0.25, 0.3) is 0 Å². The molecule has 0 aliphatic carbocycles. The summed E-state index contributed by atoms with van der Waals surface area (Å²) in [5.41, 5.74) is 2.53. The van der Waals surface area contributed by atoms with Gasteiger partial charge < -0.3 is 19.5 Å². The van der Waals surface area contributed by atoms with Crippen molar-refractivity contribution < 1.29 is 4.74 Å². The number of aromatic nitrogens is 3. The summed E-state index contributed by atoms with van der Waals surface area (Å²) in [6, 6.07) is 8.46. The first-order valence-electron chi connectivity index (χ1n) is 11.1. The van der Waals surface area contributed by atoms with Crippen LogP contribution < -0.4 is 5.32 Å². The van der Waals surface area contributed by atoms with E-state index in [4.69, 9.17) is 4.74 Å². The van der Waals surface area contributed by atoms with E-state index in [2.05, 4.69) is 81.3 Å². The highest BCUT2D eigenvalue weighted by Gasteiger charge is 2.25. The number of rotatable bonds is 8. The average molecular weight is 573 g/mol. The molecule has 178 valence electrons. The molecule has 1 unspecified atom stereocenters. The van der Waals surface area contributed by atoms with Gasteiger partial charge in [-0.05, 0) is 36.6 Å². The monoisotopic (exact) mass is 572 g/mol. The highest BCUT2D eigenvalue weighted by molar-refractivity contribution is 14.0. The van der Waals surface area contributed by atoms with Crippen LogP contribution in [0.4, 0.5) is 0 Å². The van der Waals surface area contributed by atoms with Crippen LogP contribution in [0.2, 0.25) is 0 Å². The minimum atomic E-state index is 0. The fraction of sp³-hybridized carbons (Fsp3) is 0.609. The minimum Gasteiger partial charge on any atom is -0.370 e. The highest BCUT2D eigenvalue weighted by atomic mass is 127. The van der Waals surface area contributed by atoms with Crippen molar-refractivity contribution in [3.05, 3.63) is 41.2 Å². The fourth-order valence-corrected chi connectivity index (χ4v) is 4.48. The smallest absolute Gasteiger partial charge is 0.193 e. The van der Waals surface area contributed by atoms with E-state index >= 15 is 0 Å². The zero-order valence-electron chi connectivity index (χ0n) is 19.9. The molecule has 1 aliphatic rings. The molecule has 1 atom stereocenters. The number of nitrogens with one attached hydrogen (secondary N) is 1. The van der Waals surface area contributed by atoms with Crippen LogP contribution >= 0.6 is 35.7 Å². The minimum absolute atomic E-state index is 0. The Morgan fingerprint density at radius 1 is 1.31 bits per heavy atom. The summed E-state index contributed by atoms with van der Waals surface area (Å²) >= 11 is 1.66. The Hall–Kier alpha value is -1.33. The zero-order chi connectivity index (χ0) is 22.2. The third-order valence-corrected chi connectivity index (χ3v) is 6.16. The first-order valence-corrected chi connectivity index (χ1v) is 12.3. The van der Waals surface area contributed by atoms with E-state index in [9.17, 15) is 0 Å². The number of aliphatic imine (C=N–C) groups is 1. The van der Waals surface area contributed by atoms with Gasteiger partial charge in [0, 0.05) is 33.1 Å². The third kappa shape index (κ3) is 7.08. The normalized spacial score (nSPS) is 16.9. The second kappa shape index (κ2) is 13.4. The van der Waals surface area contributed by atoms with Gasteiger partial charge in [0.05, 0.1) is 13.2 Å². The zero-order valence-corrected chi connectivity index (χ0v) is 23.0. The molecule has 1 saturated heterocycles. The number of hydrogen-bond donors (Lipinski definition) is 1.